The van der Waals surface area contributed by atoms with Crippen LogP contribution in [0.3, 0.4) is 0 Å². The van der Waals surface area contributed by atoms with Crippen molar-refractivity contribution >= 4 is 5.91 Å². The number of benzene rings is 2. The molecule has 4 rings (SSSR count). The van der Waals surface area contributed by atoms with Gasteiger partial charge in [-0.3, -0.25) is 4.79 Å². The van der Waals surface area contributed by atoms with Crippen LogP contribution in [0.25, 0.3) is 0 Å². The van der Waals surface area contributed by atoms with Gasteiger partial charge in [-0.05, 0) is 54.7 Å². The molecular formula is C19H19NO3. The lowest BCUT2D eigenvalue weighted by molar-refractivity contribution is 0.0789. The lowest BCUT2D eigenvalue weighted by atomic mass is 10.1. The molecule has 23 heavy (non-hydrogen) atoms. The van der Waals surface area contributed by atoms with Crippen LogP contribution in [-0.2, 0) is 12.8 Å². The number of hydrogen-bond acceptors (Lipinski definition) is 3. The molecule has 1 aliphatic carbocycles. The third-order valence-electron chi connectivity index (χ3n) is 4.42. The summed E-state index contributed by atoms with van der Waals surface area (Å²) in [6.45, 7) is 0.881. The summed E-state index contributed by atoms with van der Waals surface area (Å²) in [6.07, 6.45) is 3.23. The van der Waals surface area contributed by atoms with Crippen molar-refractivity contribution in [1.82, 2.24) is 5.32 Å². The fourth-order valence-corrected chi connectivity index (χ4v) is 3.19. The maximum Gasteiger partial charge on any atom is 0.251 e. The number of hydrogen-bond donors (Lipinski definition) is 1. The van der Waals surface area contributed by atoms with Gasteiger partial charge in [0.1, 0.15) is 12.7 Å². The molecule has 0 aromatic heterocycles. The molecule has 1 atom stereocenters. The van der Waals surface area contributed by atoms with Crippen LogP contribution in [0.5, 0.6) is 11.5 Å². The van der Waals surface area contributed by atoms with E-state index in [1.165, 1.54) is 17.5 Å². The second-order valence-electron chi connectivity index (χ2n) is 6.04. The molecule has 1 heterocycles. The topological polar surface area (TPSA) is 47.6 Å². The number of para-hydroxylation sites is 2. The largest absolute Gasteiger partial charge is 0.486 e. The molecule has 4 nitrogen and oxygen atoms in total. The van der Waals surface area contributed by atoms with Gasteiger partial charge in [0.15, 0.2) is 11.5 Å². The van der Waals surface area contributed by atoms with Gasteiger partial charge in [-0.15, -0.1) is 0 Å². The predicted molar refractivity (Wildman–Crippen MR) is 87.2 cm³/mol. The van der Waals surface area contributed by atoms with E-state index in [0.29, 0.717) is 13.2 Å². The lowest BCUT2D eigenvalue weighted by Gasteiger charge is -2.26. The molecule has 1 amide bonds. The number of nitrogens with one attached hydrogen (secondary N) is 1. The summed E-state index contributed by atoms with van der Waals surface area (Å²) >= 11 is 0. The summed E-state index contributed by atoms with van der Waals surface area (Å²) in [5, 5.41) is 2.95. The first kappa shape index (κ1) is 14.1. The highest BCUT2D eigenvalue weighted by Gasteiger charge is 2.21. The fourth-order valence-electron chi connectivity index (χ4n) is 3.19. The number of ether oxygens (including phenoxy) is 2. The molecule has 0 saturated carbocycles. The zero-order valence-corrected chi connectivity index (χ0v) is 12.9. The maximum atomic E-state index is 12.3. The summed E-state index contributed by atoms with van der Waals surface area (Å²) in [5.41, 5.74) is 3.41. The van der Waals surface area contributed by atoms with Gasteiger partial charge in [-0.25, -0.2) is 0 Å². The number of carbonyl (C=O) groups excluding carboxylic acids is 1. The summed E-state index contributed by atoms with van der Waals surface area (Å²) in [7, 11) is 0. The van der Waals surface area contributed by atoms with Gasteiger partial charge in [0.25, 0.3) is 5.91 Å². The van der Waals surface area contributed by atoms with Crippen molar-refractivity contribution < 1.29 is 14.3 Å². The SMILES string of the molecule is O=C(NC[C@@H]1COc2ccccc2O1)c1ccc2c(c1)CCC2. The number of carbonyl (C=O) groups is 1. The molecule has 0 fully saturated rings. The molecule has 1 N–H and O–H groups in total. The molecule has 2 aromatic rings. The van der Waals surface area contributed by atoms with Gasteiger partial charge >= 0.3 is 0 Å². The van der Waals surface area contributed by atoms with E-state index in [9.17, 15) is 4.79 Å². The van der Waals surface area contributed by atoms with Gasteiger partial charge in [-0.1, -0.05) is 18.2 Å². The van der Waals surface area contributed by atoms with Crippen LogP contribution in [0.2, 0.25) is 0 Å². The molecule has 2 aromatic carbocycles. The molecule has 0 saturated heterocycles. The Kier molecular flexibility index (Phi) is 3.66. The van der Waals surface area contributed by atoms with E-state index in [2.05, 4.69) is 11.4 Å². The van der Waals surface area contributed by atoms with Crippen LogP contribution in [0.15, 0.2) is 42.5 Å². The van der Waals surface area contributed by atoms with Crippen LogP contribution >= 0.6 is 0 Å². The summed E-state index contributed by atoms with van der Waals surface area (Å²) < 4.78 is 11.5. The van der Waals surface area contributed by atoms with Crippen molar-refractivity contribution in [2.75, 3.05) is 13.2 Å². The first-order chi connectivity index (χ1) is 11.3. The first-order valence-electron chi connectivity index (χ1n) is 8.08. The minimum Gasteiger partial charge on any atom is -0.486 e. The second kappa shape index (κ2) is 5.95. The van der Waals surface area contributed by atoms with Crippen molar-refractivity contribution in [3.05, 3.63) is 59.2 Å². The standard InChI is InChI=1S/C19H19NO3/c21-19(15-9-8-13-4-3-5-14(13)10-15)20-11-16-12-22-17-6-1-2-7-18(17)23-16/h1-2,6-10,16H,3-5,11-12H2,(H,20,21)/t16-/m1/s1. The van der Waals surface area contributed by atoms with Crippen molar-refractivity contribution in [2.45, 2.75) is 25.4 Å². The Morgan fingerprint density at radius 2 is 1.91 bits per heavy atom. The zero-order chi connectivity index (χ0) is 15.6. The van der Waals surface area contributed by atoms with E-state index < -0.39 is 0 Å². The highest BCUT2D eigenvalue weighted by Crippen LogP contribution is 2.30. The summed E-state index contributed by atoms with van der Waals surface area (Å²) in [4.78, 5) is 12.3. The monoisotopic (exact) mass is 309 g/mol. The van der Waals surface area contributed by atoms with Crippen molar-refractivity contribution in [1.29, 1.82) is 0 Å². The molecular weight excluding hydrogens is 290 g/mol. The normalized spacial score (nSPS) is 18.3. The molecule has 0 bridgehead atoms. The second-order valence-corrected chi connectivity index (χ2v) is 6.04. The Bertz CT molecular complexity index is 741. The Labute approximate surface area is 135 Å². The molecule has 0 unspecified atom stereocenters. The van der Waals surface area contributed by atoms with Crippen molar-refractivity contribution in [3.63, 3.8) is 0 Å². The third-order valence-corrected chi connectivity index (χ3v) is 4.42. The fraction of sp³-hybridized carbons (Fsp3) is 0.316. The molecule has 0 radical (unpaired) electrons. The maximum absolute atomic E-state index is 12.3. The Balaban J connectivity index is 1.37. The first-order valence-corrected chi connectivity index (χ1v) is 8.08. The Morgan fingerprint density at radius 3 is 2.83 bits per heavy atom. The van der Waals surface area contributed by atoms with Gasteiger partial charge in [-0.2, -0.15) is 0 Å². The zero-order valence-electron chi connectivity index (χ0n) is 12.9. The van der Waals surface area contributed by atoms with E-state index in [-0.39, 0.29) is 12.0 Å². The highest BCUT2D eigenvalue weighted by molar-refractivity contribution is 5.94. The minimum absolute atomic E-state index is 0.0536. The van der Waals surface area contributed by atoms with Crippen molar-refractivity contribution in [2.24, 2.45) is 0 Å². The van der Waals surface area contributed by atoms with Gasteiger partial charge in [0, 0.05) is 5.56 Å². The Morgan fingerprint density at radius 1 is 1.09 bits per heavy atom. The van der Waals surface area contributed by atoms with E-state index in [0.717, 1.165) is 29.9 Å². The van der Waals surface area contributed by atoms with Crippen LogP contribution in [0.4, 0.5) is 0 Å². The number of amides is 1. The van der Waals surface area contributed by atoms with E-state index in [4.69, 9.17) is 9.47 Å². The quantitative estimate of drug-likeness (QED) is 0.948. The average molecular weight is 309 g/mol. The Hall–Kier alpha value is -2.49. The van der Waals surface area contributed by atoms with Crippen LogP contribution in [-0.4, -0.2) is 25.2 Å². The van der Waals surface area contributed by atoms with Crippen molar-refractivity contribution in [3.8, 4) is 11.5 Å². The lowest BCUT2D eigenvalue weighted by Crippen LogP contribution is -2.40. The van der Waals surface area contributed by atoms with Gasteiger partial charge in [0.05, 0.1) is 6.54 Å². The van der Waals surface area contributed by atoms with E-state index >= 15 is 0 Å². The van der Waals surface area contributed by atoms with Crippen LogP contribution < -0.4 is 14.8 Å². The third kappa shape index (κ3) is 2.89. The number of aryl methyl sites for hydroxylation is 2. The molecule has 2 aliphatic rings. The average Bonchev–Trinajstić information content (AvgIpc) is 3.07. The highest BCUT2D eigenvalue weighted by atomic mass is 16.6. The predicted octanol–water partition coefficient (Wildman–Crippen LogP) is 2.75. The smallest absolute Gasteiger partial charge is 0.251 e. The molecule has 118 valence electrons. The molecule has 0 spiro atoms. The van der Waals surface area contributed by atoms with Crippen LogP contribution in [0, 0.1) is 0 Å². The van der Waals surface area contributed by atoms with Crippen LogP contribution in [0.1, 0.15) is 27.9 Å². The number of rotatable bonds is 3. The van der Waals surface area contributed by atoms with E-state index in [1.807, 2.05) is 36.4 Å². The van der Waals surface area contributed by atoms with E-state index in [1.54, 1.807) is 0 Å². The summed E-state index contributed by atoms with van der Waals surface area (Å²) in [6, 6.07) is 13.6. The molecule has 1 aliphatic heterocycles. The van der Waals surface area contributed by atoms with Gasteiger partial charge < -0.3 is 14.8 Å². The van der Waals surface area contributed by atoms with Gasteiger partial charge in [0.2, 0.25) is 0 Å². The minimum atomic E-state index is -0.164. The number of fused-ring (bicyclic) bond motifs is 2. The molecule has 4 heteroatoms. The summed E-state index contributed by atoms with van der Waals surface area (Å²) in [5.74, 6) is 1.44.